The number of ether oxygens (including phenoxy) is 3. The fourth-order valence-corrected chi connectivity index (χ4v) is 4.07. The lowest BCUT2D eigenvalue weighted by Gasteiger charge is -2.14. The van der Waals surface area contributed by atoms with Gasteiger partial charge in [-0.25, -0.2) is 9.55 Å². The van der Waals surface area contributed by atoms with Gasteiger partial charge >= 0.3 is 0 Å². The summed E-state index contributed by atoms with van der Waals surface area (Å²) in [6.45, 7) is 0. The van der Waals surface area contributed by atoms with Crippen molar-refractivity contribution >= 4 is 5.82 Å². The van der Waals surface area contributed by atoms with Crippen LogP contribution in [0.3, 0.4) is 0 Å². The van der Waals surface area contributed by atoms with E-state index in [-0.39, 0.29) is 23.5 Å². The van der Waals surface area contributed by atoms with E-state index in [1.807, 2.05) is 12.1 Å². The van der Waals surface area contributed by atoms with Crippen molar-refractivity contribution in [2.45, 2.75) is 32.1 Å². The Labute approximate surface area is 180 Å². The maximum absolute atomic E-state index is 10.6. The van der Waals surface area contributed by atoms with Crippen LogP contribution in [0.4, 0.5) is 5.82 Å². The van der Waals surface area contributed by atoms with Crippen molar-refractivity contribution in [1.29, 1.82) is 0 Å². The zero-order valence-corrected chi connectivity index (χ0v) is 17.8. The van der Waals surface area contributed by atoms with Crippen LogP contribution in [0.1, 0.15) is 35.1 Å². The Morgan fingerprint density at radius 1 is 0.968 bits per heavy atom. The van der Waals surface area contributed by atoms with Crippen molar-refractivity contribution in [3.8, 4) is 35.0 Å². The number of hydrogen-bond donors (Lipinski definition) is 3. The molecule has 9 nitrogen and oxygen atoms in total. The normalized spacial score (nSPS) is 13.0. The molecular weight excluding hydrogens is 400 g/mol. The first kappa shape index (κ1) is 20.6. The fourth-order valence-electron chi connectivity index (χ4n) is 4.07. The molecule has 0 unspecified atom stereocenters. The van der Waals surface area contributed by atoms with Gasteiger partial charge in [-0.1, -0.05) is 0 Å². The van der Waals surface area contributed by atoms with E-state index in [1.165, 1.54) is 4.57 Å². The van der Waals surface area contributed by atoms with Crippen LogP contribution in [0.25, 0.3) is 5.95 Å². The zero-order chi connectivity index (χ0) is 22.1. The van der Waals surface area contributed by atoms with Gasteiger partial charge in [0.2, 0.25) is 23.5 Å². The highest BCUT2D eigenvalue weighted by molar-refractivity contribution is 5.56. The molecule has 2 aromatic heterocycles. The van der Waals surface area contributed by atoms with Crippen LogP contribution in [0.15, 0.2) is 18.3 Å². The largest absolute Gasteiger partial charge is 0.494 e. The molecule has 0 aliphatic heterocycles. The first-order chi connectivity index (χ1) is 15.0. The van der Waals surface area contributed by atoms with Gasteiger partial charge in [-0.05, 0) is 43.4 Å². The molecule has 3 aromatic rings. The van der Waals surface area contributed by atoms with Crippen molar-refractivity contribution in [1.82, 2.24) is 14.5 Å². The maximum atomic E-state index is 10.6. The van der Waals surface area contributed by atoms with E-state index in [0.29, 0.717) is 29.2 Å². The molecule has 4 N–H and O–H groups in total. The second kappa shape index (κ2) is 8.25. The third-order valence-corrected chi connectivity index (χ3v) is 5.64. The van der Waals surface area contributed by atoms with E-state index < -0.39 is 0 Å². The molecule has 0 amide bonds. The van der Waals surface area contributed by atoms with E-state index in [9.17, 15) is 10.2 Å². The van der Waals surface area contributed by atoms with Crippen LogP contribution in [-0.2, 0) is 19.3 Å². The minimum atomic E-state index is -0.0241. The van der Waals surface area contributed by atoms with Crippen LogP contribution in [0.5, 0.6) is 29.0 Å². The summed E-state index contributed by atoms with van der Waals surface area (Å²) in [4.78, 5) is 8.70. The number of aromatic nitrogens is 3. The molecule has 31 heavy (non-hydrogen) atoms. The van der Waals surface area contributed by atoms with Crippen molar-refractivity contribution in [3.05, 3.63) is 40.6 Å². The Kier molecular flexibility index (Phi) is 5.50. The number of nitrogen functional groups attached to an aromatic ring is 1. The van der Waals surface area contributed by atoms with Crippen LogP contribution < -0.4 is 19.9 Å². The third kappa shape index (κ3) is 3.56. The fraction of sp³-hybridized carbons (Fsp3) is 0.364. The van der Waals surface area contributed by atoms with Crippen LogP contribution in [-0.4, -0.2) is 46.1 Å². The molecule has 2 heterocycles. The van der Waals surface area contributed by atoms with Crippen molar-refractivity contribution in [3.63, 3.8) is 0 Å². The molecule has 164 valence electrons. The van der Waals surface area contributed by atoms with Gasteiger partial charge in [-0.15, -0.1) is 0 Å². The molecule has 1 aliphatic rings. The minimum absolute atomic E-state index is 0.0241. The monoisotopic (exact) mass is 426 g/mol. The number of methoxy groups -OCH3 is 3. The average Bonchev–Trinajstić information content (AvgIpc) is 3.04. The molecule has 0 saturated carbocycles. The number of nitrogens with zero attached hydrogens (tertiary/aromatic N) is 3. The quantitative estimate of drug-likeness (QED) is 0.549. The van der Waals surface area contributed by atoms with Gasteiger partial charge in [0.05, 0.1) is 21.3 Å². The Balaban J connectivity index is 1.68. The SMILES string of the molecule is COc1cc(Cc2cnc(-n3c(O)c4c(c3O)CCCC4)nc2N)cc(OC)c1OC. The number of hydrogen-bond acceptors (Lipinski definition) is 8. The highest BCUT2D eigenvalue weighted by Crippen LogP contribution is 2.41. The van der Waals surface area contributed by atoms with Crippen molar-refractivity contribution in [2.24, 2.45) is 0 Å². The van der Waals surface area contributed by atoms with Gasteiger partial charge in [0.15, 0.2) is 11.5 Å². The Morgan fingerprint density at radius 2 is 1.55 bits per heavy atom. The van der Waals surface area contributed by atoms with E-state index in [0.717, 1.165) is 42.4 Å². The number of benzene rings is 1. The summed E-state index contributed by atoms with van der Waals surface area (Å²) in [7, 11) is 4.67. The van der Waals surface area contributed by atoms with E-state index in [2.05, 4.69) is 9.97 Å². The molecule has 0 saturated heterocycles. The predicted molar refractivity (Wildman–Crippen MR) is 115 cm³/mol. The molecular formula is C22H26N4O5. The zero-order valence-electron chi connectivity index (χ0n) is 17.8. The summed E-state index contributed by atoms with van der Waals surface area (Å²) in [6.07, 6.45) is 5.41. The first-order valence-electron chi connectivity index (χ1n) is 10.0. The topological polar surface area (TPSA) is 125 Å². The summed E-state index contributed by atoms with van der Waals surface area (Å²) in [5, 5.41) is 21.2. The van der Waals surface area contributed by atoms with Crippen LogP contribution >= 0.6 is 0 Å². The lowest BCUT2D eigenvalue weighted by atomic mass is 9.95. The predicted octanol–water partition coefficient (Wildman–Crippen LogP) is 2.76. The lowest BCUT2D eigenvalue weighted by Crippen LogP contribution is -2.07. The highest BCUT2D eigenvalue weighted by Gasteiger charge is 2.26. The maximum Gasteiger partial charge on any atom is 0.241 e. The standard InChI is InChI=1S/C22H26N4O5/c1-29-16-9-12(10-17(30-2)18(16)31-3)8-13-11-24-22(25-19(13)23)26-20(27)14-6-4-5-7-15(14)21(26)28/h9-11,27-28H,4-8H2,1-3H3,(H2,23,24,25). The summed E-state index contributed by atoms with van der Waals surface area (Å²) in [6, 6.07) is 3.68. The summed E-state index contributed by atoms with van der Waals surface area (Å²) in [5.74, 6) is 1.94. The number of rotatable bonds is 6. The molecule has 1 aliphatic carbocycles. The Hall–Kier alpha value is -3.62. The Morgan fingerprint density at radius 3 is 2.03 bits per heavy atom. The van der Waals surface area contributed by atoms with Gasteiger partial charge in [0, 0.05) is 29.3 Å². The molecule has 0 radical (unpaired) electrons. The van der Waals surface area contributed by atoms with Crippen LogP contribution in [0.2, 0.25) is 0 Å². The number of anilines is 1. The first-order valence-corrected chi connectivity index (χ1v) is 10.0. The van der Waals surface area contributed by atoms with Gasteiger partial charge in [0.1, 0.15) is 5.82 Å². The molecule has 0 spiro atoms. The average molecular weight is 426 g/mol. The molecule has 0 bridgehead atoms. The summed E-state index contributed by atoms with van der Waals surface area (Å²) < 4.78 is 17.4. The van der Waals surface area contributed by atoms with E-state index in [4.69, 9.17) is 19.9 Å². The third-order valence-electron chi connectivity index (χ3n) is 5.64. The molecule has 0 fully saturated rings. The highest BCUT2D eigenvalue weighted by atomic mass is 16.5. The van der Waals surface area contributed by atoms with E-state index >= 15 is 0 Å². The van der Waals surface area contributed by atoms with Crippen molar-refractivity contribution < 1.29 is 24.4 Å². The lowest BCUT2D eigenvalue weighted by molar-refractivity contribution is 0.324. The molecule has 4 rings (SSSR count). The molecule has 9 heteroatoms. The van der Waals surface area contributed by atoms with E-state index in [1.54, 1.807) is 27.5 Å². The molecule has 0 atom stereocenters. The van der Waals surface area contributed by atoms with Crippen molar-refractivity contribution in [2.75, 3.05) is 27.1 Å². The van der Waals surface area contributed by atoms with Gasteiger partial charge < -0.3 is 30.2 Å². The minimum Gasteiger partial charge on any atom is -0.494 e. The van der Waals surface area contributed by atoms with Crippen LogP contribution in [0, 0.1) is 0 Å². The second-order valence-electron chi connectivity index (χ2n) is 7.44. The number of fused-ring (bicyclic) bond motifs is 1. The Bertz CT molecular complexity index is 1070. The van der Waals surface area contributed by atoms with Gasteiger partial charge in [0.25, 0.3) is 0 Å². The second-order valence-corrected chi connectivity index (χ2v) is 7.44. The van der Waals surface area contributed by atoms with Gasteiger partial charge in [-0.2, -0.15) is 4.98 Å². The number of aromatic hydroxyl groups is 2. The smallest absolute Gasteiger partial charge is 0.241 e. The van der Waals surface area contributed by atoms with Gasteiger partial charge in [-0.3, -0.25) is 0 Å². The number of nitrogens with two attached hydrogens (primary N) is 1. The molecule has 1 aromatic carbocycles. The summed E-state index contributed by atoms with van der Waals surface area (Å²) >= 11 is 0. The summed E-state index contributed by atoms with van der Waals surface area (Å²) in [5.41, 5.74) is 9.29.